The SMILES string of the molecule is CN/C=C(\N)C1C[C@H]1C(=Nc1cccc(-c2cccc(CN3Cc4ccccc4OC(C)(C)C3)c2)c1)C(=CN)C(=O)O. The lowest BCUT2D eigenvalue weighted by molar-refractivity contribution is -0.132. The number of aliphatic carboxylic acids is 1. The summed E-state index contributed by atoms with van der Waals surface area (Å²) in [6.45, 7) is 6.65. The molecule has 1 heterocycles. The molecule has 0 bridgehead atoms. The van der Waals surface area contributed by atoms with Crippen LogP contribution in [0, 0.1) is 11.8 Å². The van der Waals surface area contributed by atoms with Crippen molar-refractivity contribution in [2.45, 2.75) is 39.0 Å². The second kappa shape index (κ2) is 12.1. The summed E-state index contributed by atoms with van der Waals surface area (Å²) >= 11 is 0. The van der Waals surface area contributed by atoms with E-state index in [0.29, 0.717) is 17.1 Å². The molecule has 1 unspecified atom stereocenters. The van der Waals surface area contributed by atoms with Gasteiger partial charge in [-0.15, -0.1) is 0 Å². The molecular weight excluding hydrogens is 526 g/mol. The number of aliphatic imine (C=N–C) groups is 1. The van der Waals surface area contributed by atoms with Crippen LogP contribution in [0.4, 0.5) is 5.69 Å². The highest BCUT2D eigenvalue weighted by molar-refractivity contribution is 6.21. The molecule has 0 saturated heterocycles. The Kier molecular flexibility index (Phi) is 8.36. The van der Waals surface area contributed by atoms with Crippen molar-refractivity contribution in [3.8, 4) is 16.9 Å². The minimum absolute atomic E-state index is 0.00177. The van der Waals surface area contributed by atoms with Crippen LogP contribution in [0.5, 0.6) is 5.75 Å². The van der Waals surface area contributed by atoms with Gasteiger partial charge in [-0.05, 0) is 61.2 Å². The number of carbonyl (C=O) groups is 1. The van der Waals surface area contributed by atoms with Crippen LogP contribution in [-0.2, 0) is 17.9 Å². The maximum atomic E-state index is 12.0. The molecule has 3 aromatic rings. The number of fused-ring (bicyclic) bond motifs is 1. The van der Waals surface area contributed by atoms with E-state index in [9.17, 15) is 9.90 Å². The Bertz CT molecular complexity index is 1560. The molecule has 0 spiro atoms. The van der Waals surface area contributed by atoms with E-state index in [1.165, 1.54) is 11.1 Å². The lowest BCUT2D eigenvalue weighted by Gasteiger charge is -2.29. The smallest absolute Gasteiger partial charge is 0.339 e. The van der Waals surface area contributed by atoms with Crippen LogP contribution in [0.25, 0.3) is 11.1 Å². The van der Waals surface area contributed by atoms with Crippen LogP contribution >= 0.6 is 0 Å². The summed E-state index contributed by atoms with van der Waals surface area (Å²) in [4.78, 5) is 19.3. The highest BCUT2D eigenvalue weighted by Gasteiger charge is 2.45. The Balaban J connectivity index is 1.41. The first kappa shape index (κ1) is 29.0. The Morgan fingerprint density at radius 1 is 1.10 bits per heavy atom. The third-order valence-electron chi connectivity index (χ3n) is 7.67. The number of allylic oxidation sites excluding steroid dienone is 1. The van der Waals surface area contributed by atoms with Gasteiger partial charge < -0.3 is 26.6 Å². The van der Waals surface area contributed by atoms with Gasteiger partial charge in [-0.3, -0.25) is 9.89 Å². The van der Waals surface area contributed by atoms with Gasteiger partial charge in [0.25, 0.3) is 0 Å². The number of carboxylic acid groups (broad SMARTS) is 1. The van der Waals surface area contributed by atoms with Gasteiger partial charge in [0.15, 0.2) is 0 Å². The average molecular weight is 566 g/mol. The van der Waals surface area contributed by atoms with E-state index in [0.717, 1.165) is 49.1 Å². The zero-order valence-electron chi connectivity index (χ0n) is 24.4. The first-order valence-electron chi connectivity index (χ1n) is 14.2. The summed E-state index contributed by atoms with van der Waals surface area (Å²) in [7, 11) is 1.78. The number of nitrogens with one attached hydrogen (secondary N) is 1. The summed E-state index contributed by atoms with van der Waals surface area (Å²) in [5, 5.41) is 12.8. The summed E-state index contributed by atoms with van der Waals surface area (Å²) in [5.74, 6) is -0.248. The predicted octanol–water partition coefficient (Wildman–Crippen LogP) is 5.18. The first-order valence-corrected chi connectivity index (χ1v) is 14.2. The normalized spacial score (nSPS) is 20.7. The van der Waals surface area contributed by atoms with E-state index in [1.54, 1.807) is 13.2 Å². The average Bonchev–Trinajstić information content (AvgIpc) is 3.76. The molecule has 1 fully saturated rings. The summed E-state index contributed by atoms with van der Waals surface area (Å²) in [5.41, 5.74) is 17.9. The highest BCUT2D eigenvalue weighted by atomic mass is 16.5. The Morgan fingerprint density at radius 2 is 1.83 bits per heavy atom. The van der Waals surface area contributed by atoms with E-state index >= 15 is 0 Å². The molecular formula is C34H39N5O3. The Hall–Kier alpha value is -4.56. The number of para-hydroxylation sites is 1. The third-order valence-corrected chi connectivity index (χ3v) is 7.67. The van der Waals surface area contributed by atoms with Crippen molar-refractivity contribution in [1.29, 1.82) is 0 Å². The number of benzene rings is 3. The van der Waals surface area contributed by atoms with Crippen molar-refractivity contribution in [2.75, 3.05) is 13.6 Å². The lowest BCUT2D eigenvalue weighted by Crippen LogP contribution is -2.40. The van der Waals surface area contributed by atoms with Gasteiger partial charge in [-0.2, -0.15) is 0 Å². The molecule has 1 aliphatic carbocycles. The molecule has 2 aliphatic rings. The second-order valence-electron chi connectivity index (χ2n) is 11.6. The van der Waals surface area contributed by atoms with Gasteiger partial charge in [0.1, 0.15) is 11.4 Å². The molecule has 42 heavy (non-hydrogen) atoms. The number of ether oxygens (including phenoxy) is 1. The van der Waals surface area contributed by atoms with Gasteiger partial charge in [0, 0.05) is 62.2 Å². The predicted molar refractivity (Wildman–Crippen MR) is 167 cm³/mol. The van der Waals surface area contributed by atoms with Crippen molar-refractivity contribution in [1.82, 2.24) is 10.2 Å². The summed E-state index contributed by atoms with van der Waals surface area (Å²) < 4.78 is 6.33. The van der Waals surface area contributed by atoms with Gasteiger partial charge in [-0.25, -0.2) is 4.79 Å². The maximum absolute atomic E-state index is 12.0. The Labute approximate surface area is 247 Å². The number of nitrogens with two attached hydrogens (primary N) is 2. The third kappa shape index (κ3) is 6.66. The molecule has 8 heteroatoms. The number of carboxylic acids is 1. The fourth-order valence-electron chi connectivity index (χ4n) is 5.76. The second-order valence-corrected chi connectivity index (χ2v) is 11.6. The van der Waals surface area contributed by atoms with Crippen molar-refractivity contribution in [3.63, 3.8) is 0 Å². The topological polar surface area (TPSA) is 126 Å². The summed E-state index contributed by atoms with van der Waals surface area (Å²) in [6, 6.07) is 24.6. The van der Waals surface area contributed by atoms with E-state index in [-0.39, 0.29) is 23.0 Å². The van der Waals surface area contributed by atoms with Gasteiger partial charge in [0.2, 0.25) is 0 Å². The van der Waals surface area contributed by atoms with E-state index in [2.05, 4.69) is 60.5 Å². The Morgan fingerprint density at radius 3 is 2.57 bits per heavy atom. The zero-order valence-corrected chi connectivity index (χ0v) is 24.4. The minimum Gasteiger partial charge on any atom is -0.486 e. The van der Waals surface area contributed by atoms with Crippen molar-refractivity contribution < 1.29 is 14.6 Å². The van der Waals surface area contributed by atoms with Crippen LogP contribution in [0.1, 0.15) is 31.4 Å². The molecule has 0 amide bonds. The van der Waals surface area contributed by atoms with E-state index in [1.807, 2.05) is 36.4 Å². The maximum Gasteiger partial charge on any atom is 0.339 e. The largest absolute Gasteiger partial charge is 0.486 e. The fraction of sp³-hybridized carbons (Fsp3) is 0.294. The molecule has 1 saturated carbocycles. The molecule has 1 aliphatic heterocycles. The van der Waals surface area contributed by atoms with Crippen molar-refractivity contribution in [3.05, 3.63) is 108 Å². The van der Waals surface area contributed by atoms with Crippen molar-refractivity contribution in [2.24, 2.45) is 28.3 Å². The standard InChI is InChI=1S/C34H39N5O3/c1-34(2)21-39(20-25-9-4-5-13-31(25)42-34)19-22-8-6-10-23(14-22)24-11-7-12-26(15-24)38-32(29(17-35)33(40)41)28-16-27(28)30(36)18-37-3/h4-15,17-18,27-28,37H,16,19-21,35-36H2,1-3H3,(H,40,41)/b29-17?,30-18-,38-32?/t27?,28-/m1/s1. The van der Waals surface area contributed by atoms with Crippen LogP contribution in [0.3, 0.4) is 0 Å². The van der Waals surface area contributed by atoms with Gasteiger partial charge in [0.05, 0.1) is 17.0 Å². The van der Waals surface area contributed by atoms with Crippen LogP contribution in [-0.4, -0.2) is 40.9 Å². The molecule has 0 aromatic heterocycles. The zero-order chi connectivity index (χ0) is 29.9. The molecule has 2 atom stereocenters. The number of hydrogen-bond acceptors (Lipinski definition) is 7. The monoisotopic (exact) mass is 565 g/mol. The van der Waals surface area contributed by atoms with Gasteiger partial charge in [-0.1, -0.05) is 48.5 Å². The molecule has 5 rings (SSSR count). The van der Waals surface area contributed by atoms with Gasteiger partial charge >= 0.3 is 5.97 Å². The first-order chi connectivity index (χ1) is 20.2. The fourth-order valence-corrected chi connectivity index (χ4v) is 5.76. The lowest BCUT2D eigenvalue weighted by atomic mass is 10.0. The van der Waals surface area contributed by atoms with E-state index < -0.39 is 5.97 Å². The van der Waals surface area contributed by atoms with Crippen LogP contribution < -0.4 is 21.5 Å². The van der Waals surface area contributed by atoms with E-state index in [4.69, 9.17) is 21.2 Å². The quantitative estimate of drug-likeness (QED) is 0.208. The number of nitrogens with zero attached hydrogens (tertiary/aromatic N) is 2. The van der Waals surface area contributed by atoms with Crippen LogP contribution in [0.2, 0.25) is 0 Å². The molecule has 0 radical (unpaired) electrons. The highest BCUT2D eigenvalue weighted by Crippen LogP contribution is 2.45. The molecule has 3 aromatic carbocycles. The number of rotatable bonds is 9. The minimum atomic E-state index is -1.10. The number of hydrogen-bond donors (Lipinski definition) is 4. The molecule has 6 N–H and O–H groups in total. The van der Waals surface area contributed by atoms with Crippen LogP contribution in [0.15, 0.2) is 101 Å². The molecule has 8 nitrogen and oxygen atoms in total. The van der Waals surface area contributed by atoms with Crippen molar-refractivity contribution >= 4 is 17.4 Å². The molecule has 218 valence electrons. The summed E-state index contributed by atoms with van der Waals surface area (Å²) in [6.07, 6.45) is 3.58.